The number of anilines is 2. The minimum absolute atomic E-state index is 0.232. The highest BCUT2D eigenvalue weighted by molar-refractivity contribution is 6.12. The number of rotatable bonds is 5. The van der Waals surface area contributed by atoms with E-state index in [0.29, 0.717) is 24.5 Å². The number of benzene rings is 2. The Morgan fingerprint density at radius 3 is 2.67 bits per heavy atom. The van der Waals surface area contributed by atoms with Crippen molar-refractivity contribution >= 4 is 39.4 Å². The quantitative estimate of drug-likeness (QED) is 0.293. The Morgan fingerprint density at radius 2 is 1.85 bits per heavy atom. The summed E-state index contributed by atoms with van der Waals surface area (Å²) in [6, 6.07) is 17.4. The minimum atomic E-state index is -0.232. The number of hydrogen-bond acceptors (Lipinski definition) is 8. The van der Waals surface area contributed by atoms with Crippen LogP contribution in [-0.4, -0.2) is 67.0 Å². The Hall–Kier alpha value is -5.03. The number of fused-ring (bicyclic) bond motifs is 2. The summed E-state index contributed by atoms with van der Waals surface area (Å²) in [4.78, 5) is 26.5. The largest absolute Gasteiger partial charge is 0.383 e. The summed E-state index contributed by atoms with van der Waals surface area (Å²) in [6.45, 7) is 4.91. The third-order valence-corrected chi connectivity index (χ3v) is 7.03. The summed E-state index contributed by atoms with van der Waals surface area (Å²) in [7, 11) is 0. The summed E-state index contributed by atoms with van der Waals surface area (Å²) in [6.07, 6.45) is 1.50. The van der Waals surface area contributed by atoms with Gasteiger partial charge < -0.3 is 25.3 Å². The fourth-order valence-corrected chi connectivity index (χ4v) is 4.99. The highest BCUT2D eigenvalue weighted by atomic mass is 16.5. The molecule has 0 atom stereocenters. The Bertz CT molecular complexity index is 1840. The highest BCUT2D eigenvalue weighted by Crippen LogP contribution is 2.27. The second-order valence-corrected chi connectivity index (χ2v) is 9.57. The average Bonchev–Trinajstić information content (AvgIpc) is 3.68. The van der Waals surface area contributed by atoms with E-state index in [1.807, 2.05) is 61.5 Å². The molecule has 0 saturated carbocycles. The van der Waals surface area contributed by atoms with Crippen LogP contribution in [0.15, 0.2) is 60.8 Å². The molecule has 1 aliphatic rings. The van der Waals surface area contributed by atoms with Gasteiger partial charge in [0.05, 0.1) is 53.1 Å². The number of ketones is 1. The van der Waals surface area contributed by atoms with E-state index in [-0.39, 0.29) is 11.6 Å². The smallest absolute Gasteiger partial charge is 0.214 e. The minimum Gasteiger partial charge on any atom is -0.383 e. The van der Waals surface area contributed by atoms with Crippen LogP contribution in [0.4, 0.5) is 11.6 Å². The van der Waals surface area contributed by atoms with Gasteiger partial charge >= 0.3 is 0 Å². The third-order valence-electron chi connectivity index (χ3n) is 7.03. The first kappa shape index (κ1) is 23.1. The van der Waals surface area contributed by atoms with Crippen LogP contribution >= 0.6 is 0 Å². The number of ether oxygens (including phenoxy) is 1. The van der Waals surface area contributed by atoms with Crippen molar-refractivity contribution in [1.82, 2.24) is 34.9 Å². The van der Waals surface area contributed by atoms with E-state index >= 15 is 0 Å². The molecule has 6 aromatic rings. The molecule has 1 aliphatic heterocycles. The zero-order valence-corrected chi connectivity index (χ0v) is 21.2. The van der Waals surface area contributed by atoms with Crippen LogP contribution in [0.25, 0.3) is 38.9 Å². The monoisotopic (exact) mass is 519 g/mol. The normalized spacial score (nSPS) is 13.9. The lowest BCUT2D eigenvalue weighted by molar-refractivity contribution is 0.103. The molecule has 1 fully saturated rings. The first-order valence-electron chi connectivity index (χ1n) is 12.7. The fourth-order valence-electron chi connectivity index (χ4n) is 4.99. The van der Waals surface area contributed by atoms with Gasteiger partial charge in [-0.3, -0.25) is 4.79 Å². The van der Waals surface area contributed by atoms with Crippen LogP contribution < -0.4 is 10.6 Å². The van der Waals surface area contributed by atoms with Crippen molar-refractivity contribution in [2.45, 2.75) is 6.92 Å². The van der Waals surface area contributed by atoms with Gasteiger partial charge in [-0.25, -0.2) is 9.67 Å². The molecule has 0 unspecified atom stereocenters. The summed E-state index contributed by atoms with van der Waals surface area (Å²) in [5.74, 6) is 1.70. The molecule has 2 aromatic carbocycles. The van der Waals surface area contributed by atoms with Crippen molar-refractivity contribution in [3.05, 3.63) is 77.9 Å². The van der Waals surface area contributed by atoms with Gasteiger partial charge in [-0.15, -0.1) is 10.2 Å². The molecule has 194 valence electrons. The summed E-state index contributed by atoms with van der Waals surface area (Å²) in [5.41, 5.74) is 12.1. The second-order valence-electron chi connectivity index (χ2n) is 9.57. The van der Waals surface area contributed by atoms with Crippen LogP contribution in [0.3, 0.4) is 0 Å². The molecule has 39 heavy (non-hydrogen) atoms. The molecule has 1 saturated heterocycles. The van der Waals surface area contributed by atoms with Gasteiger partial charge in [-0.2, -0.15) is 5.10 Å². The number of nitrogens with one attached hydrogen (secondary N) is 2. The van der Waals surface area contributed by atoms with Crippen LogP contribution in [-0.2, 0) is 4.74 Å². The third kappa shape index (κ3) is 4.09. The topological polar surface area (TPSA) is 144 Å². The molecule has 0 amide bonds. The van der Waals surface area contributed by atoms with Gasteiger partial charge in [0.25, 0.3) is 0 Å². The summed E-state index contributed by atoms with van der Waals surface area (Å²) in [5, 5.41) is 14.2. The van der Waals surface area contributed by atoms with Crippen molar-refractivity contribution in [1.29, 1.82) is 0 Å². The Kier molecular flexibility index (Phi) is 5.37. The molecule has 4 N–H and O–H groups in total. The van der Waals surface area contributed by atoms with Gasteiger partial charge in [0, 0.05) is 29.6 Å². The van der Waals surface area contributed by atoms with Gasteiger partial charge in [-0.05, 0) is 49.4 Å². The van der Waals surface area contributed by atoms with Crippen molar-refractivity contribution in [3.8, 4) is 16.9 Å². The SMILES string of the molecule is Cc1nc2ccc(-n3ncc(C(=O)c4cc5ccc(-c6ccc(N7CCOCC7)nn6)cc5[nH]4)c3N)cc2[nH]1. The lowest BCUT2D eigenvalue weighted by Crippen LogP contribution is -2.36. The molecule has 0 bridgehead atoms. The molecule has 0 aliphatic carbocycles. The lowest BCUT2D eigenvalue weighted by atomic mass is 10.1. The number of aromatic nitrogens is 7. The number of carbonyl (C=O) groups excluding carboxylic acids is 1. The van der Waals surface area contributed by atoms with E-state index in [9.17, 15) is 4.79 Å². The number of imidazole rings is 1. The number of aromatic amines is 2. The van der Waals surface area contributed by atoms with Crippen LogP contribution in [0.5, 0.6) is 0 Å². The van der Waals surface area contributed by atoms with Gasteiger partial charge in [0.1, 0.15) is 11.6 Å². The van der Waals surface area contributed by atoms with E-state index in [1.54, 1.807) is 4.68 Å². The number of nitrogen functional groups attached to an aromatic ring is 1. The Labute approximate surface area is 222 Å². The van der Waals surface area contributed by atoms with Crippen LogP contribution in [0.1, 0.15) is 21.9 Å². The van der Waals surface area contributed by atoms with Gasteiger partial charge in [0.2, 0.25) is 5.78 Å². The number of hydrogen-bond donors (Lipinski definition) is 3. The Balaban J connectivity index is 1.15. The molecule has 7 rings (SSSR count). The standard InChI is InChI=1S/C28H25N9O2/c1-16-31-22-5-4-19(14-24(22)32-16)37-28(29)20(15-30-37)27(38)25-13-18-3-2-17(12-23(18)33-25)21-6-7-26(35-34-21)36-8-10-39-11-9-36/h2-7,12-15,33H,8-11,29H2,1H3,(H,31,32). The number of carbonyl (C=O) groups is 1. The zero-order valence-electron chi connectivity index (χ0n) is 21.2. The fraction of sp³-hybridized carbons (Fsp3) is 0.179. The predicted octanol–water partition coefficient (Wildman–Crippen LogP) is 3.65. The van der Waals surface area contributed by atoms with Crippen molar-refractivity contribution in [2.24, 2.45) is 0 Å². The maximum Gasteiger partial charge on any atom is 0.214 e. The van der Waals surface area contributed by atoms with Crippen molar-refractivity contribution in [3.63, 3.8) is 0 Å². The maximum absolute atomic E-state index is 13.4. The summed E-state index contributed by atoms with van der Waals surface area (Å²) >= 11 is 0. The lowest BCUT2D eigenvalue weighted by Gasteiger charge is -2.27. The van der Waals surface area contributed by atoms with E-state index in [4.69, 9.17) is 10.5 Å². The maximum atomic E-state index is 13.4. The van der Waals surface area contributed by atoms with Crippen molar-refractivity contribution < 1.29 is 9.53 Å². The predicted molar refractivity (Wildman–Crippen MR) is 148 cm³/mol. The molecule has 11 nitrogen and oxygen atoms in total. The average molecular weight is 520 g/mol. The summed E-state index contributed by atoms with van der Waals surface area (Å²) < 4.78 is 6.97. The zero-order chi connectivity index (χ0) is 26.5. The van der Waals surface area contributed by atoms with Gasteiger partial charge in [-0.1, -0.05) is 12.1 Å². The number of morpholine rings is 1. The molecule has 5 heterocycles. The number of nitrogens with two attached hydrogens (primary N) is 1. The van der Waals surface area contributed by atoms with E-state index in [0.717, 1.165) is 63.6 Å². The van der Waals surface area contributed by atoms with Crippen LogP contribution in [0.2, 0.25) is 0 Å². The molecule has 11 heteroatoms. The van der Waals surface area contributed by atoms with Gasteiger partial charge in [0.15, 0.2) is 5.82 Å². The molecule has 0 radical (unpaired) electrons. The first-order valence-corrected chi connectivity index (χ1v) is 12.7. The number of H-pyrrole nitrogens is 2. The number of nitrogens with zero attached hydrogens (tertiary/aromatic N) is 6. The molecular formula is C28H25N9O2. The first-order chi connectivity index (χ1) is 19.0. The van der Waals surface area contributed by atoms with E-state index in [1.165, 1.54) is 6.20 Å². The second kappa shape index (κ2) is 9.07. The molecular weight excluding hydrogens is 494 g/mol. The van der Waals surface area contributed by atoms with Crippen molar-refractivity contribution in [2.75, 3.05) is 36.9 Å². The highest BCUT2D eigenvalue weighted by Gasteiger charge is 2.20. The number of aryl methyl sites for hydroxylation is 1. The Morgan fingerprint density at radius 1 is 0.974 bits per heavy atom. The van der Waals surface area contributed by atoms with Crippen LogP contribution in [0, 0.1) is 6.92 Å². The molecule has 4 aromatic heterocycles. The van der Waals surface area contributed by atoms with E-state index < -0.39 is 0 Å². The molecule has 0 spiro atoms. The van der Waals surface area contributed by atoms with E-state index in [2.05, 4.69) is 35.1 Å².